The molecule has 2 aromatic rings. The van der Waals surface area contributed by atoms with Crippen molar-refractivity contribution >= 4 is 5.96 Å². The number of fused-ring (bicyclic) bond motifs is 1. The van der Waals surface area contributed by atoms with E-state index in [-0.39, 0.29) is 6.10 Å². The van der Waals surface area contributed by atoms with Crippen LogP contribution in [0.15, 0.2) is 59.6 Å². The predicted octanol–water partition coefficient (Wildman–Crippen LogP) is 2.07. The van der Waals surface area contributed by atoms with E-state index in [1.165, 1.54) is 0 Å². The van der Waals surface area contributed by atoms with Gasteiger partial charge in [-0.15, -0.1) is 0 Å². The van der Waals surface area contributed by atoms with Crippen LogP contribution in [0.5, 0.6) is 17.2 Å². The number of aliphatic imine (C=N–C) groups is 1. The van der Waals surface area contributed by atoms with Crippen molar-refractivity contribution in [2.45, 2.75) is 6.10 Å². The first-order valence-electron chi connectivity index (χ1n) is 8.36. The molecule has 0 bridgehead atoms. The number of ether oxygens (including phenoxy) is 3. The number of rotatable bonds is 6. The SMILES string of the molecule is CN=C(NCCOc1ccccc1)NCC1COc2ccccc2O1. The van der Waals surface area contributed by atoms with E-state index in [1.807, 2.05) is 54.6 Å². The van der Waals surface area contributed by atoms with Crippen molar-refractivity contribution in [2.75, 3.05) is 33.4 Å². The van der Waals surface area contributed by atoms with Gasteiger partial charge in [-0.3, -0.25) is 4.99 Å². The van der Waals surface area contributed by atoms with Crippen molar-refractivity contribution in [1.29, 1.82) is 0 Å². The molecule has 0 radical (unpaired) electrons. The average molecular weight is 341 g/mol. The van der Waals surface area contributed by atoms with Gasteiger partial charge in [-0.1, -0.05) is 30.3 Å². The van der Waals surface area contributed by atoms with Gasteiger partial charge in [0.25, 0.3) is 0 Å². The molecule has 0 spiro atoms. The lowest BCUT2D eigenvalue weighted by atomic mass is 10.2. The third-order valence-corrected chi connectivity index (χ3v) is 3.69. The second kappa shape index (κ2) is 8.82. The maximum absolute atomic E-state index is 5.92. The molecule has 0 amide bonds. The van der Waals surface area contributed by atoms with Gasteiger partial charge in [0.15, 0.2) is 17.5 Å². The minimum Gasteiger partial charge on any atom is -0.492 e. The van der Waals surface area contributed by atoms with E-state index < -0.39 is 0 Å². The van der Waals surface area contributed by atoms with Crippen molar-refractivity contribution in [1.82, 2.24) is 10.6 Å². The third kappa shape index (κ3) is 5.04. The fraction of sp³-hybridized carbons (Fsp3) is 0.316. The van der Waals surface area contributed by atoms with Crippen LogP contribution in [0.25, 0.3) is 0 Å². The first-order valence-corrected chi connectivity index (χ1v) is 8.36. The number of hydrogen-bond acceptors (Lipinski definition) is 4. The second-order valence-electron chi connectivity index (χ2n) is 5.54. The van der Waals surface area contributed by atoms with Crippen LogP contribution in [0.3, 0.4) is 0 Å². The van der Waals surface area contributed by atoms with Crippen LogP contribution in [0.4, 0.5) is 0 Å². The van der Waals surface area contributed by atoms with Gasteiger partial charge < -0.3 is 24.8 Å². The van der Waals surface area contributed by atoms with Gasteiger partial charge in [0.05, 0.1) is 13.1 Å². The molecule has 0 aliphatic carbocycles. The molecule has 0 aromatic heterocycles. The van der Waals surface area contributed by atoms with Gasteiger partial charge >= 0.3 is 0 Å². The molecule has 1 unspecified atom stereocenters. The van der Waals surface area contributed by atoms with E-state index >= 15 is 0 Å². The lowest BCUT2D eigenvalue weighted by Crippen LogP contribution is -2.46. The molecule has 6 nitrogen and oxygen atoms in total. The minimum absolute atomic E-state index is 0.0611. The summed E-state index contributed by atoms with van der Waals surface area (Å²) >= 11 is 0. The number of nitrogens with one attached hydrogen (secondary N) is 2. The van der Waals surface area contributed by atoms with Gasteiger partial charge in [-0.25, -0.2) is 0 Å². The van der Waals surface area contributed by atoms with Crippen LogP contribution in [0, 0.1) is 0 Å². The molecule has 132 valence electrons. The van der Waals surface area contributed by atoms with E-state index in [4.69, 9.17) is 14.2 Å². The van der Waals surface area contributed by atoms with Crippen LogP contribution < -0.4 is 24.8 Å². The Morgan fingerprint density at radius 3 is 2.64 bits per heavy atom. The van der Waals surface area contributed by atoms with Crippen molar-refractivity contribution in [3.63, 3.8) is 0 Å². The minimum atomic E-state index is -0.0611. The van der Waals surface area contributed by atoms with E-state index in [1.54, 1.807) is 7.05 Å². The van der Waals surface area contributed by atoms with Crippen molar-refractivity contribution < 1.29 is 14.2 Å². The summed E-state index contributed by atoms with van der Waals surface area (Å²) in [6, 6.07) is 17.4. The lowest BCUT2D eigenvalue weighted by Gasteiger charge is -2.27. The zero-order chi connectivity index (χ0) is 17.3. The second-order valence-corrected chi connectivity index (χ2v) is 5.54. The molecule has 1 atom stereocenters. The normalized spacial score (nSPS) is 16.2. The van der Waals surface area contributed by atoms with Crippen LogP contribution in [0.2, 0.25) is 0 Å². The van der Waals surface area contributed by atoms with Gasteiger partial charge in [-0.05, 0) is 24.3 Å². The third-order valence-electron chi connectivity index (χ3n) is 3.69. The summed E-state index contributed by atoms with van der Waals surface area (Å²) in [6.07, 6.45) is -0.0611. The maximum atomic E-state index is 5.92. The summed E-state index contributed by atoms with van der Waals surface area (Å²) in [5.41, 5.74) is 0. The van der Waals surface area contributed by atoms with E-state index in [0.717, 1.165) is 17.2 Å². The molecular weight excluding hydrogens is 318 g/mol. The van der Waals surface area contributed by atoms with Crippen molar-refractivity contribution in [3.8, 4) is 17.2 Å². The quantitative estimate of drug-likeness (QED) is 0.478. The average Bonchev–Trinajstić information content (AvgIpc) is 2.68. The molecule has 1 aliphatic heterocycles. The topological polar surface area (TPSA) is 64.1 Å². The number of guanidine groups is 1. The Balaban J connectivity index is 1.37. The largest absolute Gasteiger partial charge is 0.492 e. The van der Waals surface area contributed by atoms with Crippen molar-refractivity contribution in [2.24, 2.45) is 4.99 Å². The summed E-state index contributed by atoms with van der Waals surface area (Å²) in [4.78, 5) is 4.20. The molecule has 0 saturated carbocycles. The standard InChI is InChI=1S/C19H23N3O3/c1-20-19(21-11-12-23-15-7-3-2-4-8-15)22-13-16-14-24-17-9-5-6-10-18(17)25-16/h2-10,16H,11-14H2,1H3,(H2,20,21,22). The summed E-state index contributed by atoms with van der Waals surface area (Å²) in [7, 11) is 1.74. The zero-order valence-corrected chi connectivity index (χ0v) is 14.3. The Labute approximate surface area is 147 Å². The van der Waals surface area contributed by atoms with Crippen molar-refractivity contribution in [3.05, 3.63) is 54.6 Å². The number of para-hydroxylation sites is 3. The Morgan fingerprint density at radius 1 is 1.08 bits per heavy atom. The predicted molar refractivity (Wildman–Crippen MR) is 97.7 cm³/mol. The first-order chi connectivity index (χ1) is 12.3. The molecule has 2 aromatic carbocycles. The highest BCUT2D eigenvalue weighted by atomic mass is 16.6. The molecule has 1 aliphatic rings. The molecule has 6 heteroatoms. The molecular formula is C19H23N3O3. The highest BCUT2D eigenvalue weighted by Gasteiger charge is 2.20. The number of nitrogens with zero attached hydrogens (tertiary/aromatic N) is 1. The monoisotopic (exact) mass is 341 g/mol. The summed E-state index contributed by atoms with van der Waals surface area (Å²) in [5.74, 6) is 3.14. The summed E-state index contributed by atoms with van der Waals surface area (Å²) in [6.45, 7) is 2.33. The molecule has 25 heavy (non-hydrogen) atoms. The number of hydrogen-bond donors (Lipinski definition) is 2. The smallest absolute Gasteiger partial charge is 0.191 e. The van der Waals surface area contributed by atoms with Gasteiger partial charge in [0.2, 0.25) is 0 Å². The first kappa shape index (κ1) is 17.0. The Hall–Kier alpha value is -2.89. The van der Waals surface area contributed by atoms with Gasteiger partial charge in [0, 0.05) is 7.05 Å². The highest BCUT2D eigenvalue weighted by Crippen LogP contribution is 2.30. The summed E-state index contributed by atoms with van der Waals surface area (Å²) < 4.78 is 17.3. The molecule has 0 fully saturated rings. The van der Waals surface area contributed by atoms with Crippen LogP contribution in [-0.4, -0.2) is 45.4 Å². The van der Waals surface area contributed by atoms with Gasteiger partial charge in [0.1, 0.15) is 25.1 Å². The molecule has 1 heterocycles. The maximum Gasteiger partial charge on any atom is 0.191 e. The fourth-order valence-corrected chi connectivity index (χ4v) is 2.45. The fourth-order valence-electron chi connectivity index (χ4n) is 2.45. The Morgan fingerprint density at radius 2 is 1.84 bits per heavy atom. The zero-order valence-electron chi connectivity index (χ0n) is 14.3. The summed E-state index contributed by atoms with van der Waals surface area (Å²) in [5, 5.41) is 6.46. The Kier molecular flexibility index (Phi) is 5.98. The highest BCUT2D eigenvalue weighted by molar-refractivity contribution is 5.79. The van der Waals surface area contributed by atoms with E-state index in [9.17, 15) is 0 Å². The van der Waals surface area contributed by atoms with Gasteiger partial charge in [-0.2, -0.15) is 0 Å². The van der Waals surface area contributed by atoms with Crippen LogP contribution >= 0.6 is 0 Å². The molecule has 2 N–H and O–H groups in total. The van der Waals surface area contributed by atoms with E-state index in [0.29, 0.717) is 32.3 Å². The lowest BCUT2D eigenvalue weighted by molar-refractivity contribution is 0.0936. The number of benzene rings is 2. The molecule has 3 rings (SSSR count). The molecule has 0 saturated heterocycles. The van der Waals surface area contributed by atoms with Crippen LogP contribution in [0.1, 0.15) is 0 Å². The van der Waals surface area contributed by atoms with Crippen LogP contribution in [-0.2, 0) is 0 Å². The van der Waals surface area contributed by atoms with E-state index in [2.05, 4.69) is 15.6 Å². The Bertz CT molecular complexity index is 691.